The van der Waals surface area contributed by atoms with Crippen LogP contribution >= 0.6 is 0 Å². The highest BCUT2D eigenvalue weighted by molar-refractivity contribution is 4.37. The van der Waals surface area contributed by atoms with Crippen molar-refractivity contribution in [2.45, 2.75) is 6.29 Å². The summed E-state index contributed by atoms with van der Waals surface area (Å²) in [5.41, 5.74) is 4.96. The smallest absolute Gasteiger partial charge is 0.166 e. The van der Waals surface area contributed by atoms with Crippen molar-refractivity contribution in [1.82, 2.24) is 0 Å². The molecule has 0 unspecified atom stereocenters. The van der Waals surface area contributed by atoms with Crippen LogP contribution in [0.5, 0.6) is 0 Å². The molecule has 1 atom stereocenters. The number of hydrogen-bond acceptors (Lipinski definition) is 4. The molecule has 0 aromatic carbocycles. The van der Waals surface area contributed by atoms with E-state index in [-0.39, 0.29) is 19.8 Å². The first kappa shape index (κ1) is 7.84. The maximum absolute atomic E-state index is 8.53. The summed E-state index contributed by atoms with van der Waals surface area (Å²) >= 11 is 0. The van der Waals surface area contributed by atoms with E-state index in [0.717, 1.165) is 0 Å². The molecule has 0 saturated heterocycles. The Kier molecular flexibility index (Phi) is 4.89. The quantitative estimate of drug-likeness (QED) is 0.386. The molecule has 4 heteroatoms. The van der Waals surface area contributed by atoms with Crippen LogP contribution < -0.4 is 5.73 Å². The minimum atomic E-state index is -0.929. The van der Waals surface area contributed by atoms with Gasteiger partial charge in [-0.2, -0.15) is 0 Å². The minimum Gasteiger partial charge on any atom is -0.394 e. The molecule has 0 heterocycles. The van der Waals surface area contributed by atoms with E-state index in [1.165, 1.54) is 0 Å². The van der Waals surface area contributed by atoms with Gasteiger partial charge in [-0.1, -0.05) is 0 Å². The zero-order chi connectivity index (χ0) is 6.41. The van der Waals surface area contributed by atoms with Crippen molar-refractivity contribution in [2.24, 2.45) is 5.73 Å². The van der Waals surface area contributed by atoms with Crippen LogP contribution in [0.25, 0.3) is 0 Å². The van der Waals surface area contributed by atoms with Crippen molar-refractivity contribution < 1.29 is 14.9 Å². The van der Waals surface area contributed by atoms with Crippen LogP contribution in [0.3, 0.4) is 0 Å². The Morgan fingerprint density at radius 2 is 2.25 bits per heavy atom. The lowest BCUT2D eigenvalue weighted by atomic mass is 10.6. The van der Waals surface area contributed by atoms with Crippen LogP contribution in [0.4, 0.5) is 0 Å². The minimum absolute atomic E-state index is 0.0694. The van der Waals surface area contributed by atoms with E-state index in [9.17, 15) is 0 Å². The van der Waals surface area contributed by atoms with E-state index in [1.54, 1.807) is 0 Å². The molecule has 0 fully saturated rings. The maximum atomic E-state index is 8.53. The molecule has 50 valence electrons. The molecule has 8 heavy (non-hydrogen) atoms. The standard InChI is InChI=1S/C4H11NO3/c5-3-4(7)8-2-1-6/h4,6-7H,1-3,5H2/t4-/m1/s1. The van der Waals surface area contributed by atoms with E-state index >= 15 is 0 Å². The topological polar surface area (TPSA) is 75.7 Å². The fraction of sp³-hybridized carbons (Fsp3) is 1.00. The van der Waals surface area contributed by atoms with Gasteiger partial charge in [-0.15, -0.1) is 0 Å². The molecule has 0 saturated carbocycles. The highest BCUT2D eigenvalue weighted by atomic mass is 16.6. The summed E-state index contributed by atoms with van der Waals surface area (Å²) in [5, 5.41) is 16.7. The molecule has 0 bridgehead atoms. The van der Waals surface area contributed by atoms with E-state index in [0.29, 0.717) is 0 Å². The molecule has 0 aliphatic heterocycles. The molecule has 4 nitrogen and oxygen atoms in total. The summed E-state index contributed by atoms with van der Waals surface area (Å²) in [5.74, 6) is 0. The van der Waals surface area contributed by atoms with Crippen LogP contribution in [0.2, 0.25) is 0 Å². The molecule has 0 aliphatic rings. The molecule has 0 spiro atoms. The number of ether oxygens (including phenoxy) is 1. The third kappa shape index (κ3) is 4.01. The van der Waals surface area contributed by atoms with Gasteiger partial charge in [0, 0.05) is 6.54 Å². The number of rotatable bonds is 4. The van der Waals surface area contributed by atoms with E-state index in [2.05, 4.69) is 4.74 Å². The summed E-state index contributed by atoms with van der Waals surface area (Å²) in [7, 11) is 0. The Hall–Kier alpha value is -0.160. The van der Waals surface area contributed by atoms with Crippen LogP contribution in [-0.4, -0.2) is 36.3 Å². The molecular weight excluding hydrogens is 110 g/mol. The maximum Gasteiger partial charge on any atom is 0.166 e. The van der Waals surface area contributed by atoms with Crippen molar-refractivity contribution in [3.63, 3.8) is 0 Å². The van der Waals surface area contributed by atoms with Gasteiger partial charge in [-0.25, -0.2) is 0 Å². The summed E-state index contributed by atoms with van der Waals surface area (Å²) in [6, 6.07) is 0. The monoisotopic (exact) mass is 121 g/mol. The van der Waals surface area contributed by atoms with Gasteiger partial charge >= 0.3 is 0 Å². The third-order valence-electron chi connectivity index (χ3n) is 0.603. The van der Waals surface area contributed by atoms with Gasteiger partial charge in [-0.3, -0.25) is 0 Å². The second kappa shape index (κ2) is 4.99. The Labute approximate surface area is 47.9 Å². The van der Waals surface area contributed by atoms with E-state index in [4.69, 9.17) is 15.9 Å². The summed E-state index contributed by atoms with van der Waals surface area (Å²) in [4.78, 5) is 0. The van der Waals surface area contributed by atoms with Crippen molar-refractivity contribution in [3.05, 3.63) is 0 Å². The van der Waals surface area contributed by atoms with E-state index < -0.39 is 6.29 Å². The first-order valence-corrected chi connectivity index (χ1v) is 2.42. The molecule has 0 aromatic rings. The third-order valence-corrected chi connectivity index (χ3v) is 0.603. The van der Waals surface area contributed by atoms with Gasteiger partial charge in [0.2, 0.25) is 0 Å². The van der Waals surface area contributed by atoms with Crippen LogP contribution in [0, 0.1) is 0 Å². The number of hydrogen-bond donors (Lipinski definition) is 3. The summed E-state index contributed by atoms with van der Waals surface area (Å²) in [6.45, 7) is 0.120. The SMILES string of the molecule is NC[C@H](O)OCCO. The van der Waals surface area contributed by atoms with E-state index in [1.807, 2.05) is 0 Å². The Morgan fingerprint density at radius 3 is 2.62 bits per heavy atom. The average molecular weight is 121 g/mol. The number of aliphatic hydroxyl groups is 2. The first-order chi connectivity index (χ1) is 3.81. The molecule has 4 N–H and O–H groups in total. The normalized spacial score (nSPS) is 13.9. The first-order valence-electron chi connectivity index (χ1n) is 2.42. The molecule has 0 aromatic heterocycles. The Balaban J connectivity index is 2.86. The predicted molar refractivity (Wildman–Crippen MR) is 28.1 cm³/mol. The summed E-state index contributed by atoms with van der Waals surface area (Å²) in [6.07, 6.45) is -0.929. The molecule has 0 aliphatic carbocycles. The van der Waals surface area contributed by atoms with Crippen molar-refractivity contribution in [2.75, 3.05) is 19.8 Å². The van der Waals surface area contributed by atoms with Crippen molar-refractivity contribution >= 4 is 0 Å². The average Bonchev–Trinajstić information content (AvgIpc) is 1.83. The van der Waals surface area contributed by atoms with Gasteiger partial charge in [-0.05, 0) is 0 Å². The van der Waals surface area contributed by atoms with Gasteiger partial charge in [0.05, 0.1) is 13.2 Å². The summed E-state index contributed by atoms with van der Waals surface area (Å²) < 4.78 is 4.52. The fourth-order valence-electron chi connectivity index (χ4n) is 0.257. The molecule has 0 amide bonds. The van der Waals surface area contributed by atoms with Gasteiger partial charge in [0.15, 0.2) is 6.29 Å². The second-order valence-corrected chi connectivity index (χ2v) is 1.28. The van der Waals surface area contributed by atoms with Crippen molar-refractivity contribution in [3.8, 4) is 0 Å². The zero-order valence-corrected chi connectivity index (χ0v) is 4.58. The zero-order valence-electron chi connectivity index (χ0n) is 4.58. The number of aliphatic hydroxyl groups excluding tert-OH is 2. The van der Waals surface area contributed by atoms with Crippen LogP contribution in [-0.2, 0) is 4.74 Å². The Bertz CT molecular complexity index is 50.5. The van der Waals surface area contributed by atoms with Crippen molar-refractivity contribution in [1.29, 1.82) is 0 Å². The number of nitrogens with two attached hydrogens (primary N) is 1. The lowest BCUT2D eigenvalue weighted by Gasteiger charge is -2.06. The van der Waals surface area contributed by atoms with Gasteiger partial charge < -0.3 is 20.7 Å². The Morgan fingerprint density at radius 1 is 1.62 bits per heavy atom. The highest BCUT2D eigenvalue weighted by Gasteiger charge is 1.96. The van der Waals surface area contributed by atoms with Gasteiger partial charge in [0.25, 0.3) is 0 Å². The van der Waals surface area contributed by atoms with Crippen LogP contribution in [0.15, 0.2) is 0 Å². The lowest BCUT2D eigenvalue weighted by Crippen LogP contribution is -2.24. The van der Waals surface area contributed by atoms with Gasteiger partial charge in [0.1, 0.15) is 0 Å². The fourth-order valence-corrected chi connectivity index (χ4v) is 0.257. The molecule has 0 radical (unpaired) electrons. The van der Waals surface area contributed by atoms with Crippen LogP contribution in [0.1, 0.15) is 0 Å². The second-order valence-electron chi connectivity index (χ2n) is 1.28. The molecular formula is C4H11NO3. The lowest BCUT2D eigenvalue weighted by molar-refractivity contribution is -0.0991. The largest absolute Gasteiger partial charge is 0.394 e. The highest BCUT2D eigenvalue weighted by Crippen LogP contribution is 1.79. The predicted octanol–water partition coefficient (Wildman–Crippen LogP) is -1.73. The molecule has 0 rings (SSSR count).